The molecular formula is C10H11N3O2. The van der Waals surface area contributed by atoms with Crippen molar-refractivity contribution in [3.63, 3.8) is 0 Å². The third-order valence-electron chi connectivity index (χ3n) is 2.37. The van der Waals surface area contributed by atoms with Gasteiger partial charge in [-0.3, -0.25) is 4.79 Å². The molecule has 0 saturated heterocycles. The van der Waals surface area contributed by atoms with E-state index < -0.39 is 11.9 Å². The van der Waals surface area contributed by atoms with Gasteiger partial charge in [0.25, 0.3) is 0 Å². The third kappa shape index (κ3) is 1.57. The maximum Gasteiger partial charge on any atom is 0.312 e. The minimum Gasteiger partial charge on any atom is -0.481 e. The number of aromatic nitrogens is 2. The summed E-state index contributed by atoms with van der Waals surface area (Å²) in [6.07, 6.45) is 3.33. The lowest BCUT2D eigenvalue weighted by molar-refractivity contribution is -0.138. The Labute approximate surface area is 86.1 Å². The Balaban J connectivity index is 2.55. The average molecular weight is 205 g/mol. The zero-order valence-corrected chi connectivity index (χ0v) is 8.00. The van der Waals surface area contributed by atoms with Crippen molar-refractivity contribution in [3.05, 3.63) is 36.2 Å². The Morgan fingerprint density at radius 3 is 3.07 bits per heavy atom. The van der Waals surface area contributed by atoms with Crippen LogP contribution in [0.4, 0.5) is 0 Å². The van der Waals surface area contributed by atoms with Crippen LogP contribution in [0.2, 0.25) is 0 Å². The summed E-state index contributed by atoms with van der Waals surface area (Å²) in [5.74, 6) is -1.61. The van der Waals surface area contributed by atoms with Gasteiger partial charge in [0.1, 0.15) is 0 Å². The highest BCUT2D eigenvalue weighted by Crippen LogP contribution is 2.20. The number of aliphatic carboxylic acids is 1. The van der Waals surface area contributed by atoms with Gasteiger partial charge in [0, 0.05) is 18.3 Å². The largest absolute Gasteiger partial charge is 0.481 e. The Morgan fingerprint density at radius 2 is 2.40 bits per heavy atom. The molecule has 0 bridgehead atoms. The highest BCUT2D eigenvalue weighted by atomic mass is 16.4. The van der Waals surface area contributed by atoms with E-state index in [-0.39, 0.29) is 6.54 Å². The summed E-state index contributed by atoms with van der Waals surface area (Å²) in [5, 5.41) is 13.1. The molecule has 5 nitrogen and oxygen atoms in total. The molecule has 0 aliphatic rings. The van der Waals surface area contributed by atoms with Crippen LogP contribution in [0.25, 0.3) is 5.52 Å². The number of hydrogen-bond donors (Lipinski definition) is 2. The van der Waals surface area contributed by atoms with E-state index in [9.17, 15) is 4.79 Å². The number of fused-ring (bicyclic) bond motifs is 1. The van der Waals surface area contributed by atoms with Crippen LogP contribution in [-0.2, 0) is 4.79 Å². The van der Waals surface area contributed by atoms with Crippen molar-refractivity contribution in [2.45, 2.75) is 5.92 Å². The van der Waals surface area contributed by atoms with Crippen molar-refractivity contribution >= 4 is 11.5 Å². The molecule has 1 unspecified atom stereocenters. The summed E-state index contributed by atoms with van der Waals surface area (Å²) in [5.41, 5.74) is 6.88. The second kappa shape index (κ2) is 3.70. The van der Waals surface area contributed by atoms with Crippen LogP contribution in [0.5, 0.6) is 0 Å². The van der Waals surface area contributed by atoms with Crippen LogP contribution in [0.3, 0.4) is 0 Å². The minimum absolute atomic E-state index is 0.0750. The van der Waals surface area contributed by atoms with E-state index in [4.69, 9.17) is 10.8 Å². The zero-order valence-electron chi connectivity index (χ0n) is 8.00. The summed E-state index contributed by atoms with van der Waals surface area (Å²) in [4.78, 5) is 11.0. The molecule has 0 fully saturated rings. The van der Waals surface area contributed by atoms with Crippen LogP contribution >= 0.6 is 0 Å². The third-order valence-corrected chi connectivity index (χ3v) is 2.37. The molecule has 2 aromatic rings. The van der Waals surface area contributed by atoms with Crippen molar-refractivity contribution in [2.75, 3.05) is 6.54 Å². The smallest absolute Gasteiger partial charge is 0.312 e. The predicted molar refractivity (Wildman–Crippen MR) is 54.6 cm³/mol. The maximum absolute atomic E-state index is 11.0. The summed E-state index contributed by atoms with van der Waals surface area (Å²) in [6.45, 7) is 0.0750. The van der Waals surface area contributed by atoms with Crippen molar-refractivity contribution in [1.82, 2.24) is 9.61 Å². The molecule has 78 valence electrons. The van der Waals surface area contributed by atoms with Crippen molar-refractivity contribution in [1.29, 1.82) is 0 Å². The van der Waals surface area contributed by atoms with Gasteiger partial charge in [0.05, 0.1) is 17.6 Å². The lowest BCUT2D eigenvalue weighted by atomic mass is 10.0. The van der Waals surface area contributed by atoms with E-state index in [1.165, 1.54) is 0 Å². The van der Waals surface area contributed by atoms with Gasteiger partial charge in [0.15, 0.2) is 0 Å². The molecule has 0 saturated carbocycles. The molecule has 0 aromatic carbocycles. The number of carboxylic acids is 1. The van der Waals surface area contributed by atoms with E-state index in [0.717, 1.165) is 5.52 Å². The van der Waals surface area contributed by atoms with E-state index >= 15 is 0 Å². The van der Waals surface area contributed by atoms with Crippen LogP contribution in [0.1, 0.15) is 11.5 Å². The van der Waals surface area contributed by atoms with Gasteiger partial charge in [-0.05, 0) is 12.1 Å². The summed E-state index contributed by atoms with van der Waals surface area (Å²) >= 11 is 0. The fourth-order valence-electron chi connectivity index (χ4n) is 1.58. The molecule has 2 heterocycles. The van der Waals surface area contributed by atoms with Gasteiger partial charge < -0.3 is 10.8 Å². The summed E-state index contributed by atoms with van der Waals surface area (Å²) in [6, 6.07) is 5.51. The predicted octanol–water partition coefficient (Wildman–Crippen LogP) is 0.461. The van der Waals surface area contributed by atoms with Crippen LogP contribution in [0, 0.1) is 0 Å². The Bertz CT molecular complexity index is 492. The zero-order chi connectivity index (χ0) is 10.8. The van der Waals surface area contributed by atoms with E-state index in [1.54, 1.807) is 16.9 Å². The molecule has 2 rings (SSSR count). The molecule has 0 aliphatic heterocycles. The first-order chi connectivity index (χ1) is 7.24. The van der Waals surface area contributed by atoms with Crippen LogP contribution in [0.15, 0.2) is 30.6 Å². The maximum atomic E-state index is 11.0. The number of hydrogen-bond acceptors (Lipinski definition) is 3. The SMILES string of the molecule is NCC(C(=O)O)c1cnn2ccccc12. The second-order valence-corrected chi connectivity index (χ2v) is 3.26. The first-order valence-electron chi connectivity index (χ1n) is 4.59. The number of rotatable bonds is 3. The Hall–Kier alpha value is -1.88. The lowest BCUT2D eigenvalue weighted by Crippen LogP contribution is -2.20. The molecule has 3 N–H and O–H groups in total. The van der Waals surface area contributed by atoms with Gasteiger partial charge in [0.2, 0.25) is 0 Å². The highest BCUT2D eigenvalue weighted by Gasteiger charge is 2.21. The lowest BCUT2D eigenvalue weighted by Gasteiger charge is -2.07. The first-order valence-corrected chi connectivity index (χ1v) is 4.59. The van der Waals surface area contributed by atoms with Gasteiger partial charge in [-0.2, -0.15) is 5.10 Å². The fraction of sp³-hybridized carbons (Fsp3) is 0.200. The number of pyridine rings is 1. The monoisotopic (exact) mass is 205 g/mol. The van der Waals surface area contributed by atoms with Gasteiger partial charge in [-0.25, -0.2) is 4.52 Å². The summed E-state index contributed by atoms with van der Waals surface area (Å²) in [7, 11) is 0. The molecule has 5 heteroatoms. The normalized spacial score (nSPS) is 12.9. The van der Waals surface area contributed by atoms with Crippen LogP contribution in [-0.4, -0.2) is 27.2 Å². The van der Waals surface area contributed by atoms with Crippen molar-refractivity contribution in [2.24, 2.45) is 5.73 Å². The fourth-order valence-corrected chi connectivity index (χ4v) is 1.58. The Kier molecular flexibility index (Phi) is 2.39. The van der Waals surface area contributed by atoms with E-state index in [0.29, 0.717) is 5.56 Å². The molecule has 15 heavy (non-hydrogen) atoms. The molecule has 0 aliphatic carbocycles. The molecule has 0 amide bonds. The van der Waals surface area contributed by atoms with Crippen molar-refractivity contribution in [3.8, 4) is 0 Å². The molecule has 0 radical (unpaired) electrons. The highest BCUT2D eigenvalue weighted by molar-refractivity contribution is 5.79. The molecule has 0 spiro atoms. The van der Waals surface area contributed by atoms with E-state index in [2.05, 4.69) is 5.10 Å². The minimum atomic E-state index is -0.920. The van der Waals surface area contributed by atoms with Crippen molar-refractivity contribution < 1.29 is 9.90 Å². The first kappa shape index (κ1) is 9.67. The van der Waals surface area contributed by atoms with Gasteiger partial charge >= 0.3 is 5.97 Å². The Morgan fingerprint density at radius 1 is 1.60 bits per heavy atom. The quantitative estimate of drug-likeness (QED) is 0.762. The number of nitrogens with zero attached hydrogens (tertiary/aromatic N) is 2. The number of carbonyl (C=O) groups is 1. The van der Waals surface area contributed by atoms with Crippen LogP contribution < -0.4 is 5.73 Å². The standard InChI is InChI=1S/C10H11N3O2/c11-5-7(10(14)15)8-6-12-13-4-2-1-3-9(8)13/h1-4,6-7H,5,11H2,(H,14,15). The molecule has 2 aromatic heterocycles. The second-order valence-electron chi connectivity index (χ2n) is 3.26. The number of nitrogens with two attached hydrogens (primary N) is 1. The van der Waals surface area contributed by atoms with Gasteiger partial charge in [-0.1, -0.05) is 6.07 Å². The number of carboxylic acid groups (broad SMARTS) is 1. The topological polar surface area (TPSA) is 80.6 Å². The molecular weight excluding hydrogens is 194 g/mol. The van der Waals surface area contributed by atoms with E-state index in [1.807, 2.05) is 18.2 Å². The van der Waals surface area contributed by atoms with Gasteiger partial charge in [-0.15, -0.1) is 0 Å². The average Bonchev–Trinajstić information content (AvgIpc) is 2.63. The summed E-state index contributed by atoms with van der Waals surface area (Å²) < 4.78 is 1.64. The molecule has 1 atom stereocenters.